The lowest BCUT2D eigenvalue weighted by Crippen LogP contribution is -2.46. The Morgan fingerprint density at radius 2 is 1.87 bits per heavy atom. The number of benzene rings is 1. The smallest absolute Gasteiger partial charge is 0.239 e. The SMILES string of the molecule is CC(NC(=O)CNC(=O)C1CCCC1)C(O)Cc1ccccc1. The molecule has 1 aliphatic rings. The fourth-order valence-electron chi connectivity index (χ4n) is 2.93. The van der Waals surface area contributed by atoms with Crippen LogP contribution < -0.4 is 10.6 Å². The molecule has 2 amide bonds. The Balaban J connectivity index is 1.70. The van der Waals surface area contributed by atoms with Crippen molar-refractivity contribution in [1.29, 1.82) is 0 Å². The van der Waals surface area contributed by atoms with Crippen molar-refractivity contribution in [3.05, 3.63) is 35.9 Å². The summed E-state index contributed by atoms with van der Waals surface area (Å²) in [5, 5.41) is 15.6. The van der Waals surface area contributed by atoms with Crippen LogP contribution in [-0.2, 0) is 16.0 Å². The molecule has 0 aliphatic heterocycles. The largest absolute Gasteiger partial charge is 0.391 e. The Labute approximate surface area is 137 Å². The van der Waals surface area contributed by atoms with Gasteiger partial charge in [-0.15, -0.1) is 0 Å². The number of nitrogens with one attached hydrogen (secondary N) is 2. The fraction of sp³-hybridized carbons (Fsp3) is 0.556. The summed E-state index contributed by atoms with van der Waals surface area (Å²) < 4.78 is 0. The van der Waals surface area contributed by atoms with Crippen LogP contribution in [-0.4, -0.2) is 35.6 Å². The molecular formula is C18H26N2O3. The predicted molar refractivity (Wildman–Crippen MR) is 88.7 cm³/mol. The molecule has 2 rings (SSSR count). The van der Waals surface area contributed by atoms with Gasteiger partial charge in [-0.3, -0.25) is 9.59 Å². The summed E-state index contributed by atoms with van der Waals surface area (Å²) in [6.07, 6.45) is 3.84. The van der Waals surface area contributed by atoms with Gasteiger partial charge < -0.3 is 15.7 Å². The maximum Gasteiger partial charge on any atom is 0.239 e. The van der Waals surface area contributed by atoms with Crippen LogP contribution in [0.25, 0.3) is 0 Å². The first kappa shape index (κ1) is 17.5. The summed E-state index contributed by atoms with van der Waals surface area (Å²) in [6, 6.07) is 9.28. The maximum atomic E-state index is 11.9. The summed E-state index contributed by atoms with van der Waals surface area (Å²) in [5.74, 6) is -0.241. The molecule has 0 heterocycles. The Kier molecular flexibility index (Phi) is 6.59. The van der Waals surface area contributed by atoms with Crippen molar-refractivity contribution in [3.63, 3.8) is 0 Å². The molecule has 1 saturated carbocycles. The molecule has 0 bridgehead atoms. The molecule has 0 spiro atoms. The number of carbonyl (C=O) groups excluding carboxylic acids is 2. The molecular weight excluding hydrogens is 292 g/mol. The molecule has 5 nitrogen and oxygen atoms in total. The topological polar surface area (TPSA) is 78.4 Å². The van der Waals surface area contributed by atoms with Crippen LogP contribution in [0.15, 0.2) is 30.3 Å². The first-order valence-corrected chi connectivity index (χ1v) is 8.35. The number of aliphatic hydroxyl groups excluding tert-OH is 1. The van der Waals surface area contributed by atoms with E-state index >= 15 is 0 Å². The van der Waals surface area contributed by atoms with E-state index in [0.29, 0.717) is 6.42 Å². The number of hydrogen-bond donors (Lipinski definition) is 3. The molecule has 0 aromatic heterocycles. The molecule has 2 atom stereocenters. The van der Waals surface area contributed by atoms with Crippen molar-refractivity contribution in [2.75, 3.05) is 6.54 Å². The van der Waals surface area contributed by atoms with Crippen molar-refractivity contribution in [3.8, 4) is 0 Å². The molecule has 0 saturated heterocycles. The van der Waals surface area contributed by atoms with Gasteiger partial charge in [0.15, 0.2) is 0 Å². The quantitative estimate of drug-likeness (QED) is 0.711. The number of hydrogen-bond acceptors (Lipinski definition) is 3. The van der Waals surface area contributed by atoms with E-state index in [4.69, 9.17) is 0 Å². The van der Waals surface area contributed by atoms with Gasteiger partial charge in [0, 0.05) is 12.3 Å². The highest BCUT2D eigenvalue weighted by molar-refractivity contribution is 5.86. The Bertz CT molecular complexity index is 512. The van der Waals surface area contributed by atoms with Crippen molar-refractivity contribution in [2.24, 2.45) is 5.92 Å². The van der Waals surface area contributed by atoms with E-state index in [1.807, 2.05) is 30.3 Å². The van der Waals surface area contributed by atoms with Gasteiger partial charge in [0.05, 0.1) is 18.7 Å². The van der Waals surface area contributed by atoms with E-state index in [0.717, 1.165) is 31.2 Å². The van der Waals surface area contributed by atoms with Gasteiger partial charge in [0.25, 0.3) is 0 Å². The Hall–Kier alpha value is -1.88. The van der Waals surface area contributed by atoms with Crippen molar-refractivity contribution < 1.29 is 14.7 Å². The van der Waals surface area contributed by atoms with Crippen LogP contribution in [0.3, 0.4) is 0 Å². The molecule has 1 aromatic rings. The standard InChI is InChI=1S/C18H26N2O3/c1-13(16(21)11-14-7-3-2-4-8-14)20-17(22)12-19-18(23)15-9-5-6-10-15/h2-4,7-8,13,15-16,21H,5-6,9-12H2,1H3,(H,19,23)(H,20,22). The number of amides is 2. The molecule has 1 aliphatic carbocycles. The van der Waals surface area contributed by atoms with Gasteiger partial charge in [0.1, 0.15) is 0 Å². The van der Waals surface area contributed by atoms with Crippen LogP contribution in [0.2, 0.25) is 0 Å². The minimum absolute atomic E-state index is 0.0300. The monoisotopic (exact) mass is 318 g/mol. The fourth-order valence-corrected chi connectivity index (χ4v) is 2.93. The maximum absolute atomic E-state index is 11.9. The van der Waals surface area contributed by atoms with Gasteiger partial charge in [-0.25, -0.2) is 0 Å². The minimum Gasteiger partial charge on any atom is -0.391 e. The van der Waals surface area contributed by atoms with Gasteiger partial charge in [0.2, 0.25) is 11.8 Å². The highest BCUT2D eigenvalue weighted by Gasteiger charge is 2.23. The molecule has 1 fully saturated rings. The van der Waals surface area contributed by atoms with E-state index in [9.17, 15) is 14.7 Å². The molecule has 5 heteroatoms. The van der Waals surface area contributed by atoms with Crippen LogP contribution in [0.1, 0.15) is 38.2 Å². The lowest BCUT2D eigenvalue weighted by molar-refractivity contribution is -0.128. The minimum atomic E-state index is -0.660. The zero-order chi connectivity index (χ0) is 16.7. The average Bonchev–Trinajstić information content (AvgIpc) is 3.08. The van der Waals surface area contributed by atoms with Crippen LogP contribution in [0.5, 0.6) is 0 Å². The Morgan fingerprint density at radius 1 is 1.22 bits per heavy atom. The second kappa shape index (κ2) is 8.67. The normalized spacial score (nSPS) is 17.5. The average molecular weight is 318 g/mol. The Morgan fingerprint density at radius 3 is 2.52 bits per heavy atom. The van der Waals surface area contributed by atoms with Crippen molar-refractivity contribution in [2.45, 2.75) is 51.2 Å². The zero-order valence-electron chi connectivity index (χ0n) is 13.6. The third-order valence-corrected chi connectivity index (χ3v) is 4.40. The first-order valence-electron chi connectivity index (χ1n) is 8.35. The predicted octanol–water partition coefficient (Wildman–Crippen LogP) is 1.40. The molecule has 0 radical (unpaired) electrons. The summed E-state index contributed by atoms with van der Waals surface area (Å²) in [7, 11) is 0. The van der Waals surface area contributed by atoms with Crippen LogP contribution in [0.4, 0.5) is 0 Å². The highest BCUT2D eigenvalue weighted by Crippen LogP contribution is 2.24. The zero-order valence-corrected chi connectivity index (χ0v) is 13.6. The second-order valence-corrected chi connectivity index (χ2v) is 6.31. The van der Waals surface area contributed by atoms with Crippen LogP contribution >= 0.6 is 0 Å². The van der Waals surface area contributed by atoms with Gasteiger partial charge in [-0.2, -0.15) is 0 Å². The summed E-state index contributed by atoms with van der Waals surface area (Å²) in [4.78, 5) is 23.8. The van der Waals surface area contributed by atoms with E-state index in [1.165, 1.54) is 0 Å². The van der Waals surface area contributed by atoms with Gasteiger partial charge >= 0.3 is 0 Å². The lowest BCUT2D eigenvalue weighted by Gasteiger charge is -2.20. The molecule has 23 heavy (non-hydrogen) atoms. The van der Waals surface area contributed by atoms with E-state index in [1.54, 1.807) is 6.92 Å². The van der Waals surface area contributed by atoms with E-state index in [2.05, 4.69) is 10.6 Å². The van der Waals surface area contributed by atoms with Gasteiger partial charge in [-0.05, 0) is 25.3 Å². The lowest BCUT2D eigenvalue weighted by atomic mass is 10.0. The number of aliphatic hydroxyl groups is 1. The van der Waals surface area contributed by atoms with E-state index < -0.39 is 6.10 Å². The van der Waals surface area contributed by atoms with Crippen LogP contribution in [0, 0.1) is 5.92 Å². The summed E-state index contributed by atoms with van der Waals surface area (Å²) in [6.45, 7) is 1.74. The number of rotatable bonds is 7. The van der Waals surface area contributed by atoms with E-state index in [-0.39, 0.29) is 30.3 Å². The third-order valence-electron chi connectivity index (χ3n) is 4.40. The summed E-state index contributed by atoms with van der Waals surface area (Å²) >= 11 is 0. The first-order chi connectivity index (χ1) is 11.1. The highest BCUT2D eigenvalue weighted by atomic mass is 16.3. The summed E-state index contributed by atoms with van der Waals surface area (Å²) in [5.41, 5.74) is 1.02. The molecule has 126 valence electrons. The van der Waals surface area contributed by atoms with Crippen molar-refractivity contribution in [1.82, 2.24) is 10.6 Å². The number of carbonyl (C=O) groups is 2. The molecule has 2 unspecified atom stereocenters. The third kappa shape index (κ3) is 5.67. The van der Waals surface area contributed by atoms with Crippen molar-refractivity contribution >= 4 is 11.8 Å². The second-order valence-electron chi connectivity index (χ2n) is 6.31. The van der Waals surface area contributed by atoms with Gasteiger partial charge in [-0.1, -0.05) is 43.2 Å². The molecule has 1 aromatic carbocycles. The molecule has 3 N–H and O–H groups in total.